The summed E-state index contributed by atoms with van der Waals surface area (Å²) in [6.45, 7) is 13.6. The SMILES string of the molecule is CC1CC(OCCCCNC(C)C)CC(C)(C)C1. The molecule has 0 aliphatic heterocycles. The molecule has 1 aliphatic rings. The van der Waals surface area contributed by atoms with E-state index in [1.54, 1.807) is 0 Å². The van der Waals surface area contributed by atoms with Crippen LogP contribution in [-0.4, -0.2) is 25.3 Å². The molecule has 18 heavy (non-hydrogen) atoms. The predicted octanol–water partition coefficient (Wildman–Crippen LogP) is 4.00. The van der Waals surface area contributed by atoms with Crippen LogP contribution in [0.2, 0.25) is 0 Å². The van der Waals surface area contributed by atoms with E-state index in [-0.39, 0.29) is 0 Å². The summed E-state index contributed by atoms with van der Waals surface area (Å²) in [6.07, 6.45) is 6.76. The molecule has 1 rings (SSSR count). The van der Waals surface area contributed by atoms with Gasteiger partial charge in [-0.05, 0) is 50.0 Å². The van der Waals surface area contributed by atoms with Gasteiger partial charge in [-0.25, -0.2) is 0 Å². The summed E-state index contributed by atoms with van der Waals surface area (Å²) in [4.78, 5) is 0. The molecule has 0 bridgehead atoms. The highest BCUT2D eigenvalue weighted by molar-refractivity contribution is 4.83. The van der Waals surface area contributed by atoms with Crippen molar-refractivity contribution in [2.75, 3.05) is 13.2 Å². The van der Waals surface area contributed by atoms with Crippen LogP contribution in [0.1, 0.15) is 66.7 Å². The maximum Gasteiger partial charge on any atom is 0.0582 e. The summed E-state index contributed by atoms with van der Waals surface area (Å²) in [6, 6.07) is 0.603. The lowest BCUT2D eigenvalue weighted by atomic mass is 9.71. The van der Waals surface area contributed by atoms with Crippen molar-refractivity contribution in [3.8, 4) is 0 Å². The molecule has 0 radical (unpaired) electrons. The average Bonchev–Trinajstić information content (AvgIpc) is 2.19. The number of rotatable bonds is 7. The summed E-state index contributed by atoms with van der Waals surface area (Å²) < 4.78 is 6.07. The van der Waals surface area contributed by atoms with E-state index in [2.05, 4.69) is 39.9 Å². The van der Waals surface area contributed by atoms with Gasteiger partial charge in [-0.15, -0.1) is 0 Å². The minimum atomic E-state index is 0.474. The zero-order valence-corrected chi connectivity index (χ0v) is 13.1. The van der Waals surface area contributed by atoms with Gasteiger partial charge in [0.1, 0.15) is 0 Å². The van der Waals surface area contributed by atoms with Crippen molar-refractivity contribution in [1.29, 1.82) is 0 Å². The Hall–Kier alpha value is -0.0800. The van der Waals surface area contributed by atoms with Gasteiger partial charge in [0.2, 0.25) is 0 Å². The van der Waals surface area contributed by atoms with E-state index in [9.17, 15) is 0 Å². The number of ether oxygens (including phenoxy) is 1. The second kappa shape index (κ2) is 7.49. The molecule has 108 valence electrons. The van der Waals surface area contributed by atoms with Crippen LogP contribution in [0.3, 0.4) is 0 Å². The zero-order valence-electron chi connectivity index (χ0n) is 13.1. The molecule has 1 saturated carbocycles. The summed E-state index contributed by atoms with van der Waals surface area (Å²) in [5.41, 5.74) is 0.474. The lowest BCUT2D eigenvalue weighted by molar-refractivity contribution is -0.0239. The molecule has 2 unspecified atom stereocenters. The van der Waals surface area contributed by atoms with Gasteiger partial charge in [0, 0.05) is 12.6 Å². The minimum Gasteiger partial charge on any atom is -0.378 e. The molecular weight excluding hydrogens is 222 g/mol. The van der Waals surface area contributed by atoms with Crippen LogP contribution in [0.5, 0.6) is 0 Å². The lowest BCUT2D eigenvalue weighted by Gasteiger charge is -2.38. The summed E-state index contributed by atoms with van der Waals surface area (Å²) in [5.74, 6) is 0.821. The molecule has 0 aromatic heterocycles. The molecule has 0 heterocycles. The molecule has 2 atom stereocenters. The maximum absolute atomic E-state index is 6.07. The molecule has 0 aromatic rings. The van der Waals surface area contributed by atoms with Gasteiger partial charge < -0.3 is 10.1 Å². The van der Waals surface area contributed by atoms with E-state index < -0.39 is 0 Å². The molecular formula is C16H33NO. The van der Waals surface area contributed by atoms with Crippen LogP contribution in [0.25, 0.3) is 0 Å². The van der Waals surface area contributed by atoms with Crippen molar-refractivity contribution >= 4 is 0 Å². The molecule has 0 spiro atoms. The summed E-state index contributed by atoms with van der Waals surface area (Å²) >= 11 is 0. The second-order valence-electron chi connectivity index (χ2n) is 7.22. The second-order valence-corrected chi connectivity index (χ2v) is 7.22. The van der Waals surface area contributed by atoms with Crippen LogP contribution in [0.15, 0.2) is 0 Å². The summed E-state index contributed by atoms with van der Waals surface area (Å²) in [7, 11) is 0. The number of hydrogen-bond acceptors (Lipinski definition) is 2. The monoisotopic (exact) mass is 255 g/mol. The van der Waals surface area contributed by atoms with Gasteiger partial charge in [0.05, 0.1) is 6.10 Å². The van der Waals surface area contributed by atoms with E-state index >= 15 is 0 Å². The van der Waals surface area contributed by atoms with Gasteiger partial charge in [-0.2, -0.15) is 0 Å². The summed E-state index contributed by atoms with van der Waals surface area (Å²) in [5, 5.41) is 3.45. The number of hydrogen-bond donors (Lipinski definition) is 1. The minimum absolute atomic E-state index is 0.474. The molecule has 2 heteroatoms. The topological polar surface area (TPSA) is 21.3 Å². The first-order valence-electron chi connectivity index (χ1n) is 7.74. The molecule has 1 N–H and O–H groups in total. The van der Waals surface area contributed by atoms with Gasteiger partial charge in [-0.3, -0.25) is 0 Å². The molecule has 0 saturated heterocycles. The van der Waals surface area contributed by atoms with Gasteiger partial charge >= 0.3 is 0 Å². The van der Waals surface area contributed by atoms with Gasteiger partial charge in [-0.1, -0.05) is 34.6 Å². The third-order valence-corrected chi connectivity index (χ3v) is 3.82. The fraction of sp³-hybridized carbons (Fsp3) is 1.00. The fourth-order valence-corrected chi connectivity index (χ4v) is 3.25. The maximum atomic E-state index is 6.07. The highest BCUT2D eigenvalue weighted by Crippen LogP contribution is 2.39. The van der Waals surface area contributed by atoms with Crippen molar-refractivity contribution in [2.24, 2.45) is 11.3 Å². The van der Waals surface area contributed by atoms with Crippen LogP contribution < -0.4 is 5.32 Å². The van der Waals surface area contributed by atoms with Crippen molar-refractivity contribution in [2.45, 2.75) is 78.9 Å². The standard InChI is InChI=1S/C16H33NO/c1-13(2)17-8-6-7-9-18-15-10-14(3)11-16(4,5)12-15/h13-15,17H,6-12H2,1-5H3. The quantitative estimate of drug-likeness (QED) is 0.694. The number of nitrogens with one attached hydrogen (secondary N) is 1. The van der Waals surface area contributed by atoms with Crippen LogP contribution >= 0.6 is 0 Å². The van der Waals surface area contributed by atoms with E-state index in [0.717, 1.165) is 19.1 Å². The van der Waals surface area contributed by atoms with Crippen molar-refractivity contribution in [3.05, 3.63) is 0 Å². The van der Waals surface area contributed by atoms with Crippen molar-refractivity contribution in [1.82, 2.24) is 5.32 Å². The predicted molar refractivity (Wildman–Crippen MR) is 78.9 cm³/mol. The third-order valence-electron chi connectivity index (χ3n) is 3.82. The first-order chi connectivity index (χ1) is 8.39. The highest BCUT2D eigenvalue weighted by Gasteiger charge is 2.32. The lowest BCUT2D eigenvalue weighted by Crippen LogP contribution is -2.32. The Labute approximate surface area is 114 Å². The van der Waals surface area contributed by atoms with Crippen molar-refractivity contribution in [3.63, 3.8) is 0 Å². The van der Waals surface area contributed by atoms with Crippen molar-refractivity contribution < 1.29 is 4.74 Å². The Balaban J connectivity index is 2.08. The Morgan fingerprint density at radius 1 is 1.22 bits per heavy atom. The van der Waals surface area contributed by atoms with Gasteiger partial charge in [0.25, 0.3) is 0 Å². The third kappa shape index (κ3) is 6.75. The van der Waals surface area contributed by atoms with Crippen LogP contribution in [-0.2, 0) is 4.74 Å². The van der Waals surface area contributed by atoms with Crippen LogP contribution in [0, 0.1) is 11.3 Å². The molecule has 0 amide bonds. The van der Waals surface area contributed by atoms with E-state index in [4.69, 9.17) is 4.74 Å². The van der Waals surface area contributed by atoms with E-state index in [0.29, 0.717) is 17.6 Å². The highest BCUT2D eigenvalue weighted by atomic mass is 16.5. The normalized spacial score (nSPS) is 27.7. The smallest absolute Gasteiger partial charge is 0.0582 e. The Morgan fingerprint density at radius 2 is 1.94 bits per heavy atom. The van der Waals surface area contributed by atoms with Gasteiger partial charge in [0.15, 0.2) is 0 Å². The fourth-order valence-electron chi connectivity index (χ4n) is 3.25. The average molecular weight is 255 g/mol. The van der Waals surface area contributed by atoms with E-state index in [1.807, 2.05) is 0 Å². The molecule has 1 fully saturated rings. The Kier molecular flexibility index (Phi) is 6.65. The number of unbranched alkanes of at least 4 members (excludes halogenated alkanes) is 1. The van der Waals surface area contributed by atoms with E-state index in [1.165, 1.54) is 32.1 Å². The molecule has 1 aliphatic carbocycles. The largest absolute Gasteiger partial charge is 0.378 e. The molecule has 0 aromatic carbocycles. The first kappa shape index (κ1) is 16.0. The first-order valence-corrected chi connectivity index (χ1v) is 7.74. The van der Waals surface area contributed by atoms with Crippen LogP contribution in [0.4, 0.5) is 0 Å². The zero-order chi connectivity index (χ0) is 13.6. The Bertz CT molecular complexity index is 225. The Morgan fingerprint density at radius 3 is 2.56 bits per heavy atom. The molecule has 2 nitrogen and oxygen atoms in total.